The van der Waals surface area contributed by atoms with Crippen LogP contribution in [0.1, 0.15) is 51.3 Å². The maximum Gasteiger partial charge on any atom is 0.241 e. The van der Waals surface area contributed by atoms with Crippen molar-refractivity contribution >= 4 is 5.91 Å². The van der Waals surface area contributed by atoms with E-state index in [9.17, 15) is 4.79 Å². The summed E-state index contributed by atoms with van der Waals surface area (Å²) in [6, 6.07) is 10.8. The van der Waals surface area contributed by atoms with Crippen LogP contribution in [-0.2, 0) is 4.79 Å². The van der Waals surface area contributed by atoms with E-state index in [2.05, 4.69) is 48.3 Å². The third-order valence-corrected chi connectivity index (χ3v) is 4.48. The molecule has 0 aromatic heterocycles. The van der Waals surface area contributed by atoms with Crippen LogP contribution >= 0.6 is 0 Å². The van der Waals surface area contributed by atoms with Gasteiger partial charge >= 0.3 is 0 Å². The highest BCUT2D eigenvalue weighted by molar-refractivity contribution is 5.85. The molecule has 2 fully saturated rings. The van der Waals surface area contributed by atoms with Crippen LogP contribution in [0.3, 0.4) is 0 Å². The second-order valence-electron chi connectivity index (χ2n) is 6.49. The van der Waals surface area contributed by atoms with Crippen molar-refractivity contribution in [3.05, 3.63) is 35.9 Å². The Kier molecular flexibility index (Phi) is 3.79. The van der Waals surface area contributed by atoms with Gasteiger partial charge in [-0.1, -0.05) is 44.2 Å². The van der Waals surface area contributed by atoms with Gasteiger partial charge in [0.25, 0.3) is 0 Å². The smallest absolute Gasteiger partial charge is 0.241 e. The summed E-state index contributed by atoms with van der Waals surface area (Å²) in [5.74, 6) is 0.839. The largest absolute Gasteiger partial charge is 0.319 e. The molecule has 1 amide bonds. The molecule has 3 heteroatoms. The molecule has 20 heavy (non-hydrogen) atoms. The van der Waals surface area contributed by atoms with E-state index < -0.39 is 0 Å². The Labute approximate surface area is 121 Å². The lowest BCUT2D eigenvalue weighted by Crippen LogP contribution is -2.44. The summed E-state index contributed by atoms with van der Waals surface area (Å²) in [7, 11) is 0. The van der Waals surface area contributed by atoms with Crippen LogP contribution in [-0.4, -0.2) is 22.9 Å². The summed E-state index contributed by atoms with van der Waals surface area (Å²) in [4.78, 5) is 14.8. The van der Waals surface area contributed by atoms with E-state index in [1.165, 1.54) is 12.0 Å². The predicted octanol–water partition coefficient (Wildman–Crippen LogP) is 3.08. The molecule has 1 saturated carbocycles. The first-order chi connectivity index (χ1) is 9.66. The highest BCUT2D eigenvalue weighted by Crippen LogP contribution is 2.36. The van der Waals surface area contributed by atoms with Gasteiger partial charge in [0, 0.05) is 6.04 Å². The number of carbonyl (C=O) groups excluding carboxylic acids is 1. The van der Waals surface area contributed by atoms with Gasteiger partial charge < -0.3 is 4.90 Å². The number of hydrogen-bond donors (Lipinski definition) is 1. The normalized spacial score (nSPS) is 27.1. The quantitative estimate of drug-likeness (QED) is 0.913. The Hall–Kier alpha value is -1.35. The molecule has 1 aromatic carbocycles. The van der Waals surface area contributed by atoms with Crippen LogP contribution < -0.4 is 5.32 Å². The van der Waals surface area contributed by atoms with E-state index in [-0.39, 0.29) is 12.2 Å². The summed E-state index contributed by atoms with van der Waals surface area (Å²) < 4.78 is 0. The molecule has 3 nitrogen and oxygen atoms in total. The molecule has 0 bridgehead atoms. The third kappa shape index (κ3) is 2.47. The highest BCUT2D eigenvalue weighted by atomic mass is 16.2. The summed E-state index contributed by atoms with van der Waals surface area (Å²) in [5.41, 5.74) is 1.21. The number of amides is 1. The van der Waals surface area contributed by atoms with Gasteiger partial charge in [-0.05, 0) is 37.2 Å². The summed E-state index contributed by atoms with van der Waals surface area (Å²) in [6.45, 7) is 4.36. The minimum Gasteiger partial charge on any atom is -0.319 e. The van der Waals surface area contributed by atoms with Crippen molar-refractivity contribution in [1.29, 1.82) is 0 Å². The molecule has 1 heterocycles. The average molecular weight is 272 g/mol. The molecule has 0 radical (unpaired) electrons. The highest BCUT2D eigenvalue weighted by Gasteiger charge is 2.44. The number of benzene rings is 1. The van der Waals surface area contributed by atoms with Crippen LogP contribution in [0.4, 0.5) is 0 Å². The molecule has 0 spiro atoms. The SMILES string of the molecule is CC(C)CC1NC(c2ccccc2)N(C2CCC2)C1=O. The fraction of sp³-hybridized carbons (Fsp3) is 0.588. The summed E-state index contributed by atoms with van der Waals surface area (Å²) in [5, 5.41) is 3.56. The molecule has 1 aliphatic heterocycles. The first-order valence-corrected chi connectivity index (χ1v) is 7.80. The Bertz CT molecular complexity index is 467. The molecule has 1 saturated heterocycles. The second-order valence-corrected chi connectivity index (χ2v) is 6.49. The van der Waals surface area contributed by atoms with Gasteiger partial charge in [0.15, 0.2) is 0 Å². The number of nitrogens with zero attached hydrogens (tertiary/aromatic N) is 1. The van der Waals surface area contributed by atoms with Crippen molar-refractivity contribution in [2.45, 2.75) is 57.8 Å². The van der Waals surface area contributed by atoms with Crippen molar-refractivity contribution in [1.82, 2.24) is 10.2 Å². The van der Waals surface area contributed by atoms with Crippen LogP contribution in [0, 0.1) is 5.92 Å². The Balaban J connectivity index is 1.84. The minimum atomic E-state index is -0.0131. The lowest BCUT2D eigenvalue weighted by molar-refractivity contribution is -0.134. The van der Waals surface area contributed by atoms with Gasteiger partial charge in [-0.15, -0.1) is 0 Å². The second kappa shape index (κ2) is 5.57. The fourth-order valence-corrected chi connectivity index (χ4v) is 3.24. The third-order valence-electron chi connectivity index (χ3n) is 4.48. The van der Waals surface area contributed by atoms with E-state index in [1.54, 1.807) is 0 Å². The van der Waals surface area contributed by atoms with Gasteiger partial charge in [-0.3, -0.25) is 10.1 Å². The van der Waals surface area contributed by atoms with Crippen LogP contribution in [0.25, 0.3) is 0 Å². The van der Waals surface area contributed by atoms with Crippen LogP contribution in [0.5, 0.6) is 0 Å². The number of rotatable bonds is 4. The van der Waals surface area contributed by atoms with E-state index in [1.807, 2.05) is 6.07 Å². The standard InChI is InChI=1S/C17H24N2O/c1-12(2)11-15-17(20)19(14-9-6-10-14)16(18-15)13-7-4-3-5-8-13/h3-5,7-8,12,14-16,18H,6,9-11H2,1-2H3. The molecule has 2 aliphatic rings. The Morgan fingerprint density at radius 3 is 2.50 bits per heavy atom. The van der Waals surface area contributed by atoms with Gasteiger partial charge in [-0.25, -0.2) is 0 Å². The van der Waals surface area contributed by atoms with Gasteiger partial charge in [0.2, 0.25) is 5.91 Å². The first kappa shape index (κ1) is 13.6. The van der Waals surface area contributed by atoms with Gasteiger partial charge in [0.05, 0.1) is 6.04 Å². The van der Waals surface area contributed by atoms with Crippen molar-refractivity contribution in [3.63, 3.8) is 0 Å². The van der Waals surface area contributed by atoms with E-state index in [0.29, 0.717) is 17.9 Å². The number of carbonyl (C=O) groups is 1. The molecule has 2 unspecified atom stereocenters. The zero-order valence-corrected chi connectivity index (χ0v) is 12.4. The van der Waals surface area contributed by atoms with E-state index in [0.717, 1.165) is 19.3 Å². The molecular weight excluding hydrogens is 248 g/mol. The first-order valence-electron chi connectivity index (χ1n) is 7.80. The molecule has 2 atom stereocenters. The van der Waals surface area contributed by atoms with Crippen LogP contribution in [0.2, 0.25) is 0 Å². The lowest BCUT2D eigenvalue weighted by atomic mass is 9.90. The van der Waals surface area contributed by atoms with Gasteiger partial charge in [-0.2, -0.15) is 0 Å². The van der Waals surface area contributed by atoms with E-state index >= 15 is 0 Å². The monoisotopic (exact) mass is 272 g/mol. The topological polar surface area (TPSA) is 32.3 Å². The maximum absolute atomic E-state index is 12.7. The van der Waals surface area contributed by atoms with Crippen molar-refractivity contribution in [2.75, 3.05) is 0 Å². The average Bonchev–Trinajstić information content (AvgIpc) is 2.67. The zero-order valence-electron chi connectivity index (χ0n) is 12.4. The molecule has 108 valence electrons. The lowest BCUT2D eigenvalue weighted by Gasteiger charge is -2.38. The molecule has 1 N–H and O–H groups in total. The Morgan fingerprint density at radius 2 is 1.95 bits per heavy atom. The number of nitrogens with one attached hydrogen (secondary N) is 1. The fourth-order valence-electron chi connectivity index (χ4n) is 3.24. The molecule has 1 aromatic rings. The minimum absolute atomic E-state index is 0.0131. The summed E-state index contributed by atoms with van der Waals surface area (Å²) in [6.07, 6.45) is 4.56. The maximum atomic E-state index is 12.7. The van der Waals surface area contributed by atoms with Crippen molar-refractivity contribution in [3.8, 4) is 0 Å². The molecular formula is C17H24N2O. The van der Waals surface area contributed by atoms with Crippen molar-refractivity contribution < 1.29 is 4.79 Å². The van der Waals surface area contributed by atoms with E-state index in [4.69, 9.17) is 0 Å². The Morgan fingerprint density at radius 1 is 1.25 bits per heavy atom. The summed E-state index contributed by atoms with van der Waals surface area (Å²) >= 11 is 0. The number of hydrogen-bond acceptors (Lipinski definition) is 2. The molecule has 3 rings (SSSR count). The van der Waals surface area contributed by atoms with Crippen LogP contribution in [0.15, 0.2) is 30.3 Å². The zero-order chi connectivity index (χ0) is 14.1. The van der Waals surface area contributed by atoms with Gasteiger partial charge in [0.1, 0.15) is 6.17 Å². The predicted molar refractivity (Wildman–Crippen MR) is 80.0 cm³/mol. The van der Waals surface area contributed by atoms with Crippen molar-refractivity contribution in [2.24, 2.45) is 5.92 Å². The molecule has 1 aliphatic carbocycles.